The number of benzene rings is 1. The third kappa shape index (κ3) is 4.03. The van der Waals surface area contributed by atoms with Crippen LogP contribution in [0.3, 0.4) is 0 Å². The van der Waals surface area contributed by atoms with Crippen LogP contribution in [-0.4, -0.2) is 49.7 Å². The number of hydrogen-bond acceptors (Lipinski definition) is 8. The van der Waals surface area contributed by atoms with Gasteiger partial charge in [-0.05, 0) is 19.1 Å². The maximum absolute atomic E-state index is 12.5. The van der Waals surface area contributed by atoms with Crippen LogP contribution in [0.15, 0.2) is 29.2 Å². The number of nitrogens with one attached hydrogen (secondary N) is 1. The minimum absolute atomic E-state index is 0. The molecule has 0 bridgehead atoms. The number of nitrogens with zero attached hydrogens (tertiary/aromatic N) is 1. The van der Waals surface area contributed by atoms with Crippen molar-refractivity contribution in [1.82, 2.24) is 9.79 Å². The Bertz CT molecular complexity index is 872. The maximum atomic E-state index is 12.5. The molecule has 0 aromatic heterocycles. The summed E-state index contributed by atoms with van der Waals surface area (Å²) in [6, 6.07) is 4.57. The number of ether oxygens (including phenoxy) is 1. The Hall–Kier alpha value is -1.50. The second-order valence-corrected chi connectivity index (χ2v) is 7.68. The predicted octanol–water partition coefficient (Wildman–Crippen LogP) is -4.80. The first-order valence-corrected chi connectivity index (χ1v) is 9.13. The van der Waals surface area contributed by atoms with Gasteiger partial charge in [-0.25, -0.2) is 8.42 Å². The van der Waals surface area contributed by atoms with Gasteiger partial charge in [0.05, 0.1) is 11.3 Å². The molecule has 2 fully saturated rings. The van der Waals surface area contributed by atoms with Crippen molar-refractivity contribution in [3.8, 4) is 0 Å². The monoisotopic (exact) mass is 406 g/mol. The predicted molar refractivity (Wildman–Crippen MR) is 81.2 cm³/mol. The zero-order valence-electron chi connectivity index (χ0n) is 14.6. The molecule has 1 N–H and O–H groups in total. The molecule has 2 aliphatic rings. The van der Waals surface area contributed by atoms with E-state index >= 15 is 0 Å². The van der Waals surface area contributed by atoms with Crippen LogP contribution in [0, 0.1) is 6.92 Å². The summed E-state index contributed by atoms with van der Waals surface area (Å²) in [5.41, 5.74) is -1.53. The summed E-state index contributed by atoms with van der Waals surface area (Å²) in [6.45, 7) is 1.34. The summed E-state index contributed by atoms with van der Waals surface area (Å²) >= 11 is 0. The van der Waals surface area contributed by atoms with Gasteiger partial charge >= 0.3 is 35.5 Å². The van der Waals surface area contributed by atoms with Gasteiger partial charge in [-0.2, -0.15) is 9.79 Å². The fraction of sp³-hybridized carbons (Fsp3) is 0.400. The normalized spacial score (nSPS) is 25.2. The molecule has 0 saturated carbocycles. The van der Waals surface area contributed by atoms with Crippen molar-refractivity contribution < 1.29 is 67.0 Å². The summed E-state index contributed by atoms with van der Waals surface area (Å²) in [5, 5.41) is 11.8. The van der Waals surface area contributed by atoms with Crippen LogP contribution < -0.4 is 39.4 Å². The van der Waals surface area contributed by atoms with Gasteiger partial charge in [-0.1, -0.05) is 17.7 Å². The molecule has 10 nitrogen and oxygen atoms in total. The zero-order chi connectivity index (χ0) is 19.1. The number of carbonyl (C=O) groups is 3. The van der Waals surface area contributed by atoms with Gasteiger partial charge in [-0.15, -0.1) is 0 Å². The summed E-state index contributed by atoms with van der Waals surface area (Å²) in [4.78, 5) is 40.2. The van der Waals surface area contributed by atoms with Crippen molar-refractivity contribution in [3.63, 3.8) is 0 Å². The van der Waals surface area contributed by atoms with E-state index in [-0.39, 0.29) is 47.3 Å². The number of carbonyl (C=O) groups excluding carboxylic acids is 3. The molecule has 0 spiro atoms. The summed E-state index contributed by atoms with van der Waals surface area (Å²) < 4.78 is 31.7. The molecule has 2 heterocycles. The molecule has 1 amide bonds. The van der Waals surface area contributed by atoms with Gasteiger partial charge in [0, 0.05) is 6.42 Å². The van der Waals surface area contributed by atoms with Crippen molar-refractivity contribution in [3.05, 3.63) is 29.8 Å². The number of sulfonamides is 1. The standard InChI is InChI=1S/C15H16N2O8S.Na/c1-9-2-4-10(5-3-9)26(22,23)16-11-8-24-17(13(11)19)15(14(20)21)7-6-12(18)25-15;/h2-5,11,16H,6-8H2,1H3,(H,20,21);/q;+1/p-1/t11-,15?;/m0./s1. The van der Waals surface area contributed by atoms with E-state index in [4.69, 9.17) is 9.57 Å². The van der Waals surface area contributed by atoms with Crippen molar-refractivity contribution in [2.24, 2.45) is 0 Å². The number of esters is 1. The number of aliphatic carboxylic acids is 1. The van der Waals surface area contributed by atoms with Crippen molar-refractivity contribution in [2.45, 2.75) is 36.4 Å². The van der Waals surface area contributed by atoms with Crippen LogP contribution >= 0.6 is 0 Å². The first-order valence-electron chi connectivity index (χ1n) is 7.65. The molecule has 0 aliphatic carbocycles. The van der Waals surface area contributed by atoms with E-state index < -0.39 is 46.2 Å². The topological polar surface area (TPSA) is 142 Å². The van der Waals surface area contributed by atoms with Gasteiger partial charge in [0.15, 0.2) is 0 Å². The van der Waals surface area contributed by atoms with E-state index in [9.17, 15) is 27.9 Å². The minimum atomic E-state index is -4.04. The Morgan fingerprint density at radius 1 is 1.30 bits per heavy atom. The van der Waals surface area contributed by atoms with E-state index in [0.29, 0.717) is 5.06 Å². The van der Waals surface area contributed by atoms with Crippen LogP contribution in [0.25, 0.3) is 0 Å². The quantitative estimate of drug-likeness (QED) is 0.379. The molecule has 2 atom stereocenters. The first kappa shape index (κ1) is 21.8. The number of hydroxylamine groups is 2. The van der Waals surface area contributed by atoms with Crippen molar-refractivity contribution in [2.75, 3.05) is 6.61 Å². The molecule has 0 radical (unpaired) electrons. The Balaban J connectivity index is 0.00000261. The second kappa shape index (κ2) is 7.86. The first-order chi connectivity index (χ1) is 12.2. The van der Waals surface area contributed by atoms with E-state index in [2.05, 4.69) is 4.72 Å². The molecule has 1 unspecified atom stereocenters. The fourth-order valence-corrected chi connectivity index (χ4v) is 3.87. The largest absolute Gasteiger partial charge is 1.00 e. The molecular formula is C15H15N2NaO8S. The number of cyclic esters (lactones) is 1. The average Bonchev–Trinajstić information content (AvgIpc) is 3.12. The van der Waals surface area contributed by atoms with Gasteiger partial charge in [0.1, 0.15) is 18.6 Å². The Kier molecular flexibility index (Phi) is 6.34. The van der Waals surface area contributed by atoms with Crippen LogP contribution in [0.4, 0.5) is 0 Å². The van der Waals surface area contributed by atoms with E-state index in [1.54, 1.807) is 19.1 Å². The number of rotatable bonds is 5. The average molecular weight is 406 g/mol. The Labute approximate surface area is 177 Å². The van der Waals surface area contributed by atoms with Crippen molar-refractivity contribution in [1.29, 1.82) is 0 Å². The molecular weight excluding hydrogens is 391 g/mol. The minimum Gasteiger partial charge on any atom is -0.544 e. The van der Waals surface area contributed by atoms with Gasteiger partial charge in [0.2, 0.25) is 10.0 Å². The van der Waals surface area contributed by atoms with E-state index in [1.165, 1.54) is 12.1 Å². The summed E-state index contributed by atoms with van der Waals surface area (Å²) in [6.07, 6.45) is -0.585. The molecule has 2 saturated heterocycles. The molecule has 12 heteroatoms. The zero-order valence-corrected chi connectivity index (χ0v) is 17.4. The molecule has 2 aliphatic heterocycles. The van der Waals surface area contributed by atoms with Gasteiger partial charge in [0.25, 0.3) is 11.6 Å². The number of carboxylic acids is 1. The van der Waals surface area contributed by atoms with Crippen molar-refractivity contribution >= 4 is 27.9 Å². The molecule has 1 aromatic rings. The van der Waals surface area contributed by atoms with Gasteiger partial charge in [-0.3, -0.25) is 14.4 Å². The fourth-order valence-electron chi connectivity index (χ4n) is 2.70. The molecule has 3 rings (SSSR count). The number of aryl methyl sites for hydroxylation is 1. The Morgan fingerprint density at radius 3 is 2.44 bits per heavy atom. The van der Waals surface area contributed by atoms with Crippen LogP contribution in [0.5, 0.6) is 0 Å². The summed E-state index contributed by atoms with van der Waals surface area (Å²) in [5.74, 6) is -3.63. The van der Waals surface area contributed by atoms with E-state index in [1.807, 2.05) is 0 Å². The molecule has 27 heavy (non-hydrogen) atoms. The van der Waals surface area contributed by atoms with E-state index in [0.717, 1.165) is 5.56 Å². The van der Waals surface area contributed by atoms with Crippen LogP contribution in [-0.2, 0) is 34.0 Å². The third-order valence-corrected chi connectivity index (χ3v) is 5.58. The number of carboxylic acid groups (broad SMARTS) is 1. The number of amides is 1. The van der Waals surface area contributed by atoms with Crippen LogP contribution in [0.1, 0.15) is 18.4 Å². The van der Waals surface area contributed by atoms with Gasteiger partial charge < -0.3 is 14.6 Å². The summed E-state index contributed by atoms with van der Waals surface area (Å²) in [7, 11) is -4.04. The molecule has 140 valence electrons. The number of hydrogen-bond donors (Lipinski definition) is 1. The maximum Gasteiger partial charge on any atom is 1.00 e. The second-order valence-electron chi connectivity index (χ2n) is 5.96. The molecule has 1 aromatic carbocycles. The third-order valence-electron chi connectivity index (χ3n) is 4.09. The van der Waals surface area contributed by atoms with Crippen LogP contribution in [0.2, 0.25) is 0 Å². The Morgan fingerprint density at radius 2 is 1.93 bits per heavy atom. The SMILES string of the molecule is Cc1ccc(S(=O)(=O)N[C@H]2CON(C3(C(=O)[O-])CCC(=O)O3)C2=O)cc1.[Na+]. The smallest absolute Gasteiger partial charge is 0.544 e.